The second-order valence-electron chi connectivity index (χ2n) is 7.28. The first-order chi connectivity index (χ1) is 12.2. The van der Waals surface area contributed by atoms with Gasteiger partial charge in [0, 0.05) is 31.6 Å². The van der Waals surface area contributed by atoms with Crippen molar-refractivity contribution in [2.24, 2.45) is 5.92 Å². The number of hydrogen-bond donors (Lipinski definition) is 1. The fourth-order valence-corrected chi connectivity index (χ4v) is 3.54. The van der Waals surface area contributed by atoms with Gasteiger partial charge in [0.25, 0.3) is 0 Å². The predicted octanol–water partition coefficient (Wildman–Crippen LogP) is 1.80. The van der Waals surface area contributed by atoms with Gasteiger partial charge in [-0.15, -0.1) is 0 Å². The van der Waals surface area contributed by atoms with Crippen LogP contribution in [0, 0.1) is 5.92 Å². The highest BCUT2D eigenvalue weighted by atomic mass is 16.5. The number of rotatable bonds is 6. The molecular weight excluding hydrogens is 316 g/mol. The van der Waals surface area contributed by atoms with Crippen molar-refractivity contribution in [3.8, 4) is 0 Å². The Balaban J connectivity index is 1.29. The van der Waals surface area contributed by atoms with Gasteiger partial charge in [0.05, 0.1) is 0 Å². The minimum absolute atomic E-state index is 0.0376. The Kier molecular flexibility index (Phi) is 4.53. The molecule has 0 spiro atoms. The lowest BCUT2D eigenvalue weighted by Gasteiger charge is -2.16. The topological polar surface area (TPSA) is 71.3 Å². The molecule has 0 bridgehead atoms. The number of carbonyl (C=O) groups excluding carboxylic acids is 1. The Hall–Kier alpha value is -2.21. The molecule has 1 saturated heterocycles. The van der Waals surface area contributed by atoms with Crippen molar-refractivity contribution in [1.82, 2.24) is 20.4 Å². The molecule has 6 nitrogen and oxygen atoms in total. The summed E-state index contributed by atoms with van der Waals surface area (Å²) in [4.78, 5) is 19.2. The lowest BCUT2D eigenvalue weighted by Crippen LogP contribution is -2.40. The largest absolute Gasteiger partial charge is 0.351 e. The van der Waals surface area contributed by atoms with E-state index in [-0.39, 0.29) is 18.4 Å². The predicted molar refractivity (Wildman–Crippen MR) is 92.9 cm³/mol. The molecular formula is C19H24N4O2. The van der Waals surface area contributed by atoms with Crippen LogP contribution in [0.15, 0.2) is 34.9 Å². The maximum Gasteiger partial charge on any atom is 0.236 e. The number of likely N-dealkylation sites (tertiary alicyclic amines) is 1. The number of amides is 1. The molecule has 2 aromatic rings. The van der Waals surface area contributed by atoms with Crippen LogP contribution < -0.4 is 5.32 Å². The normalized spacial score (nSPS) is 23.7. The van der Waals surface area contributed by atoms with Gasteiger partial charge in [0.2, 0.25) is 11.8 Å². The summed E-state index contributed by atoms with van der Waals surface area (Å²) in [5.74, 6) is 1.45. The van der Waals surface area contributed by atoms with Gasteiger partial charge in [-0.1, -0.05) is 42.4 Å². The minimum Gasteiger partial charge on any atom is -0.351 e. The van der Waals surface area contributed by atoms with E-state index in [9.17, 15) is 4.79 Å². The van der Waals surface area contributed by atoms with Crippen molar-refractivity contribution in [3.05, 3.63) is 47.6 Å². The van der Waals surface area contributed by atoms with Crippen LogP contribution in [-0.2, 0) is 17.6 Å². The summed E-state index contributed by atoms with van der Waals surface area (Å²) in [5, 5.41) is 7.12. The highest BCUT2D eigenvalue weighted by Crippen LogP contribution is 2.31. The zero-order chi connectivity index (χ0) is 17.2. The van der Waals surface area contributed by atoms with Crippen molar-refractivity contribution in [1.29, 1.82) is 0 Å². The fourth-order valence-electron chi connectivity index (χ4n) is 3.54. The highest BCUT2D eigenvalue weighted by Gasteiger charge is 2.38. The van der Waals surface area contributed by atoms with Crippen LogP contribution in [0.2, 0.25) is 0 Å². The van der Waals surface area contributed by atoms with E-state index in [1.165, 1.54) is 12.8 Å². The Morgan fingerprint density at radius 2 is 2.08 bits per heavy atom. The van der Waals surface area contributed by atoms with Crippen LogP contribution in [0.5, 0.6) is 0 Å². The molecule has 0 radical (unpaired) electrons. The van der Waals surface area contributed by atoms with E-state index in [0.717, 1.165) is 24.7 Å². The minimum atomic E-state index is -0.0376. The summed E-state index contributed by atoms with van der Waals surface area (Å²) in [6.07, 6.45) is 3.37. The van der Waals surface area contributed by atoms with Gasteiger partial charge in [0.15, 0.2) is 5.82 Å². The van der Waals surface area contributed by atoms with E-state index in [2.05, 4.69) is 27.3 Å². The Morgan fingerprint density at radius 1 is 1.28 bits per heavy atom. The molecule has 1 amide bonds. The van der Waals surface area contributed by atoms with E-state index < -0.39 is 0 Å². The lowest BCUT2D eigenvalue weighted by molar-refractivity contribution is -0.121. The van der Waals surface area contributed by atoms with Crippen LogP contribution in [0.3, 0.4) is 0 Å². The van der Waals surface area contributed by atoms with Crippen LogP contribution in [0.1, 0.15) is 37.0 Å². The second kappa shape index (κ2) is 6.96. The van der Waals surface area contributed by atoms with Crippen molar-refractivity contribution >= 4 is 5.91 Å². The average Bonchev–Trinajstić information content (AvgIpc) is 3.27. The summed E-state index contributed by atoms with van der Waals surface area (Å²) < 4.78 is 5.24. The number of benzene rings is 1. The van der Waals surface area contributed by atoms with Gasteiger partial charge < -0.3 is 9.84 Å². The third-order valence-electron chi connectivity index (χ3n) is 5.08. The van der Waals surface area contributed by atoms with Crippen LogP contribution in [0.25, 0.3) is 0 Å². The van der Waals surface area contributed by atoms with Gasteiger partial charge in [-0.05, 0) is 24.3 Å². The zero-order valence-electron chi connectivity index (χ0n) is 14.5. The van der Waals surface area contributed by atoms with Crippen LogP contribution in [-0.4, -0.2) is 46.1 Å². The molecule has 6 heteroatoms. The molecule has 2 aliphatic rings. The number of nitrogens with zero attached hydrogens (tertiary/aromatic N) is 3. The first-order valence-electron chi connectivity index (χ1n) is 9.06. The Bertz CT molecular complexity index is 726. The van der Waals surface area contributed by atoms with Crippen molar-refractivity contribution in [2.75, 3.05) is 13.1 Å². The smallest absolute Gasteiger partial charge is 0.236 e. The van der Waals surface area contributed by atoms with Crippen LogP contribution in [0.4, 0.5) is 0 Å². The van der Waals surface area contributed by atoms with Crippen molar-refractivity contribution in [3.63, 3.8) is 0 Å². The molecule has 1 saturated carbocycles. The molecule has 2 heterocycles. The molecule has 1 aliphatic heterocycles. The standard InChI is InChI=1S/C19H24N4O2/c1-13-11-23(15-7-8-15)12-16(13)20-18(24)10-19-21-17(22-25-19)9-14-5-3-2-4-6-14/h2-6,13,15-16H,7-12H2,1H3,(H,20,24). The maximum atomic E-state index is 12.3. The SMILES string of the molecule is CC1CN(C2CC2)CC1NC(=O)Cc1nc(Cc2ccccc2)no1. The molecule has 2 atom stereocenters. The average molecular weight is 340 g/mol. The summed E-state index contributed by atoms with van der Waals surface area (Å²) >= 11 is 0. The molecule has 1 aliphatic carbocycles. The maximum absolute atomic E-state index is 12.3. The Morgan fingerprint density at radius 3 is 2.84 bits per heavy atom. The van der Waals surface area contributed by atoms with Crippen molar-refractivity contribution in [2.45, 2.75) is 44.7 Å². The molecule has 25 heavy (non-hydrogen) atoms. The first kappa shape index (κ1) is 16.3. The molecule has 1 aromatic heterocycles. The number of carbonyl (C=O) groups is 1. The van der Waals surface area contributed by atoms with Gasteiger partial charge in [-0.3, -0.25) is 9.69 Å². The number of hydrogen-bond acceptors (Lipinski definition) is 5. The first-order valence-corrected chi connectivity index (χ1v) is 9.06. The molecule has 4 rings (SSSR count). The molecule has 1 N–H and O–H groups in total. The van der Waals surface area contributed by atoms with Gasteiger partial charge >= 0.3 is 0 Å². The van der Waals surface area contributed by atoms with E-state index in [0.29, 0.717) is 24.1 Å². The Labute approximate surface area is 147 Å². The molecule has 132 valence electrons. The molecule has 2 unspecified atom stereocenters. The summed E-state index contributed by atoms with van der Waals surface area (Å²) in [7, 11) is 0. The van der Waals surface area contributed by atoms with E-state index >= 15 is 0 Å². The monoisotopic (exact) mass is 340 g/mol. The third kappa shape index (κ3) is 4.07. The molecule has 2 fully saturated rings. The third-order valence-corrected chi connectivity index (χ3v) is 5.08. The molecule has 1 aromatic carbocycles. The number of nitrogens with one attached hydrogen (secondary N) is 1. The van der Waals surface area contributed by atoms with Crippen molar-refractivity contribution < 1.29 is 9.32 Å². The van der Waals surface area contributed by atoms with Gasteiger partial charge in [0.1, 0.15) is 6.42 Å². The van der Waals surface area contributed by atoms with Gasteiger partial charge in [-0.25, -0.2) is 0 Å². The van der Waals surface area contributed by atoms with Crippen LogP contribution >= 0.6 is 0 Å². The van der Waals surface area contributed by atoms with E-state index in [4.69, 9.17) is 4.52 Å². The highest BCUT2D eigenvalue weighted by molar-refractivity contribution is 5.78. The second-order valence-corrected chi connectivity index (χ2v) is 7.28. The van der Waals surface area contributed by atoms with E-state index in [1.54, 1.807) is 0 Å². The zero-order valence-corrected chi connectivity index (χ0v) is 14.5. The lowest BCUT2D eigenvalue weighted by atomic mass is 10.1. The summed E-state index contributed by atoms with van der Waals surface area (Å²) in [5.41, 5.74) is 1.12. The fraction of sp³-hybridized carbons (Fsp3) is 0.526. The van der Waals surface area contributed by atoms with Gasteiger partial charge in [-0.2, -0.15) is 4.98 Å². The van der Waals surface area contributed by atoms with E-state index in [1.807, 2.05) is 30.3 Å². The summed E-state index contributed by atoms with van der Waals surface area (Å²) in [6.45, 7) is 4.25. The summed E-state index contributed by atoms with van der Waals surface area (Å²) in [6, 6.07) is 11.0. The number of aromatic nitrogens is 2. The quantitative estimate of drug-likeness (QED) is 0.868.